The standard InChI is InChI=1S/C14H18BrFN2O/c1-10-2-4-14(9-15,5-3-10)18-13(19)11-6-12(16)8-17-7-11/h6-8,10H,2-5,9H2,1H3,(H,18,19). The maximum absolute atomic E-state index is 13.1. The summed E-state index contributed by atoms with van der Waals surface area (Å²) < 4.78 is 13.1. The normalized spacial score (nSPS) is 27.0. The Labute approximate surface area is 121 Å². The molecule has 2 rings (SSSR count). The lowest BCUT2D eigenvalue weighted by Crippen LogP contribution is -2.52. The average Bonchev–Trinajstić information content (AvgIpc) is 2.42. The minimum atomic E-state index is -0.488. The molecular weight excluding hydrogens is 311 g/mol. The fourth-order valence-corrected chi connectivity index (χ4v) is 3.16. The number of aromatic nitrogens is 1. The maximum Gasteiger partial charge on any atom is 0.253 e. The van der Waals surface area contributed by atoms with E-state index < -0.39 is 5.82 Å². The van der Waals surface area contributed by atoms with Crippen LogP contribution in [-0.4, -0.2) is 21.8 Å². The monoisotopic (exact) mass is 328 g/mol. The lowest BCUT2D eigenvalue weighted by molar-refractivity contribution is 0.0873. The van der Waals surface area contributed by atoms with Crippen molar-refractivity contribution in [3.63, 3.8) is 0 Å². The van der Waals surface area contributed by atoms with Crippen molar-refractivity contribution in [1.82, 2.24) is 10.3 Å². The van der Waals surface area contributed by atoms with Gasteiger partial charge in [0.25, 0.3) is 5.91 Å². The molecule has 0 atom stereocenters. The Hall–Kier alpha value is -0.970. The van der Waals surface area contributed by atoms with Crippen molar-refractivity contribution in [3.05, 3.63) is 29.8 Å². The molecule has 19 heavy (non-hydrogen) atoms. The highest BCUT2D eigenvalue weighted by molar-refractivity contribution is 9.09. The zero-order valence-electron chi connectivity index (χ0n) is 11.0. The van der Waals surface area contributed by atoms with Crippen molar-refractivity contribution in [3.8, 4) is 0 Å². The minimum absolute atomic E-state index is 0.212. The Kier molecular flexibility index (Phi) is 4.55. The van der Waals surface area contributed by atoms with E-state index >= 15 is 0 Å². The molecule has 1 fully saturated rings. The van der Waals surface area contributed by atoms with Gasteiger partial charge in [-0.1, -0.05) is 22.9 Å². The highest BCUT2D eigenvalue weighted by atomic mass is 79.9. The minimum Gasteiger partial charge on any atom is -0.346 e. The summed E-state index contributed by atoms with van der Waals surface area (Å²) in [6.45, 7) is 2.23. The molecule has 1 amide bonds. The molecule has 1 heterocycles. The first-order chi connectivity index (χ1) is 9.04. The van der Waals surface area contributed by atoms with Crippen LogP contribution in [0.5, 0.6) is 0 Å². The number of amides is 1. The van der Waals surface area contributed by atoms with Gasteiger partial charge in [0.15, 0.2) is 0 Å². The molecular formula is C14H18BrFN2O. The number of halogens is 2. The van der Waals surface area contributed by atoms with Crippen LogP contribution in [-0.2, 0) is 0 Å². The lowest BCUT2D eigenvalue weighted by atomic mass is 9.78. The van der Waals surface area contributed by atoms with Crippen molar-refractivity contribution < 1.29 is 9.18 Å². The number of rotatable bonds is 3. The molecule has 1 aliphatic carbocycles. The number of hydrogen-bond donors (Lipinski definition) is 1. The Balaban J connectivity index is 2.08. The van der Waals surface area contributed by atoms with E-state index in [1.165, 1.54) is 12.3 Å². The van der Waals surface area contributed by atoms with Crippen LogP contribution in [0, 0.1) is 11.7 Å². The van der Waals surface area contributed by atoms with Crippen LogP contribution in [0.25, 0.3) is 0 Å². The average molecular weight is 329 g/mol. The van der Waals surface area contributed by atoms with E-state index in [0.29, 0.717) is 5.92 Å². The van der Waals surface area contributed by atoms with E-state index in [1.54, 1.807) is 0 Å². The van der Waals surface area contributed by atoms with Crippen LogP contribution in [0.3, 0.4) is 0 Å². The van der Waals surface area contributed by atoms with Gasteiger partial charge in [-0.15, -0.1) is 0 Å². The first-order valence-electron chi connectivity index (χ1n) is 6.54. The molecule has 0 bridgehead atoms. The van der Waals surface area contributed by atoms with Crippen LogP contribution < -0.4 is 5.32 Å². The fraction of sp³-hybridized carbons (Fsp3) is 0.571. The molecule has 0 radical (unpaired) electrons. The highest BCUT2D eigenvalue weighted by Gasteiger charge is 2.34. The Bertz CT molecular complexity index is 459. The van der Waals surface area contributed by atoms with E-state index in [4.69, 9.17) is 0 Å². The summed E-state index contributed by atoms with van der Waals surface area (Å²) >= 11 is 3.50. The van der Waals surface area contributed by atoms with Crippen LogP contribution in [0.1, 0.15) is 43.0 Å². The second-order valence-corrected chi connectivity index (χ2v) is 6.00. The summed E-state index contributed by atoms with van der Waals surface area (Å²) in [6, 6.07) is 1.22. The molecule has 0 saturated heterocycles. The fourth-order valence-electron chi connectivity index (χ4n) is 2.46. The number of alkyl halides is 1. The smallest absolute Gasteiger partial charge is 0.253 e. The third-order valence-corrected chi connectivity index (χ3v) is 4.91. The summed E-state index contributed by atoms with van der Waals surface area (Å²) in [5, 5.41) is 3.78. The third kappa shape index (κ3) is 3.53. The molecule has 0 spiro atoms. The number of carbonyl (C=O) groups is 1. The van der Waals surface area contributed by atoms with Gasteiger partial charge in [0.05, 0.1) is 17.3 Å². The zero-order valence-corrected chi connectivity index (χ0v) is 12.5. The second-order valence-electron chi connectivity index (χ2n) is 5.44. The van der Waals surface area contributed by atoms with Crippen LogP contribution in [0.2, 0.25) is 0 Å². The van der Waals surface area contributed by atoms with Gasteiger partial charge in [-0.05, 0) is 37.7 Å². The number of nitrogens with zero attached hydrogens (tertiary/aromatic N) is 1. The van der Waals surface area contributed by atoms with Gasteiger partial charge in [0.2, 0.25) is 0 Å². The van der Waals surface area contributed by atoms with Crippen LogP contribution in [0.15, 0.2) is 18.5 Å². The van der Waals surface area contributed by atoms with Gasteiger partial charge in [0, 0.05) is 11.5 Å². The number of pyridine rings is 1. The summed E-state index contributed by atoms with van der Waals surface area (Å²) in [6.07, 6.45) is 6.60. The molecule has 1 aliphatic rings. The van der Waals surface area contributed by atoms with Crippen LogP contribution in [0.4, 0.5) is 4.39 Å². The summed E-state index contributed by atoms with van der Waals surface area (Å²) in [5.41, 5.74) is 0.0644. The molecule has 0 aliphatic heterocycles. The number of nitrogens with one attached hydrogen (secondary N) is 1. The number of carbonyl (C=O) groups excluding carboxylic acids is 1. The van der Waals surface area contributed by atoms with Crippen LogP contribution >= 0.6 is 15.9 Å². The topological polar surface area (TPSA) is 42.0 Å². The van der Waals surface area contributed by atoms with Gasteiger partial charge >= 0.3 is 0 Å². The zero-order chi connectivity index (χ0) is 13.9. The number of hydrogen-bond acceptors (Lipinski definition) is 2. The molecule has 0 unspecified atom stereocenters. The summed E-state index contributed by atoms with van der Waals surface area (Å²) in [5.74, 6) is -0.0290. The van der Waals surface area contributed by atoms with Crippen molar-refractivity contribution in [2.75, 3.05) is 5.33 Å². The largest absolute Gasteiger partial charge is 0.346 e. The van der Waals surface area contributed by atoms with E-state index in [9.17, 15) is 9.18 Å². The lowest BCUT2D eigenvalue weighted by Gasteiger charge is -2.39. The van der Waals surface area contributed by atoms with Crippen molar-refractivity contribution >= 4 is 21.8 Å². The van der Waals surface area contributed by atoms with Gasteiger partial charge in [-0.3, -0.25) is 9.78 Å². The molecule has 3 nitrogen and oxygen atoms in total. The summed E-state index contributed by atoms with van der Waals surface area (Å²) in [7, 11) is 0. The predicted octanol–water partition coefficient (Wildman–Crippen LogP) is 3.29. The van der Waals surface area contributed by atoms with E-state index in [-0.39, 0.29) is 17.0 Å². The molecule has 1 aromatic rings. The van der Waals surface area contributed by atoms with E-state index in [0.717, 1.165) is 37.2 Å². The van der Waals surface area contributed by atoms with Gasteiger partial charge < -0.3 is 5.32 Å². The predicted molar refractivity (Wildman–Crippen MR) is 75.8 cm³/mol. The molecule has 5 heteroatoms. The second kappa shape index (κ2) is 5.99. The van der Waals surface area contributed by atoms with Gasteiger partial charge in [0.1, 0.15) is 5.82 Å². The Morgan fingerprint density at radius 1 is 1.53 bits per heavy atom. The third-order valence-electron chi connectivity index (χ3n) is 3.83. The maximum atomic E-state index is 13.1. The molecule has 1 N–H and O–H groups in total. The van der Waals surface area contributed by atoms with E-state index in [1.807, 2.05) is 0 Å². The highest BCUT2D eigenvalue weighted by Crippen LogP contribution is 2.33. The van der Waals surface area contributed by atoms with Crippen molar-refractivity contribution in [1.29, 1.82) is 0 Å². The summed E-state index contributed by atoms with van der Waals surface area (Å²) in [4.78, 5) is 15.9. The first kappa shape index (κ1) is 14.4. The van der Waals surface area contributed by atoms with Gasteiger partial charge in [-0.25, -0.2) is 4.39 Å². The van der Waals surface area contributed by atoms with Gasteiger partial charge in [-0.2, -0.15) is 0 Å². The van der Waals surface area contributed by atoms with Crippen molar-refractivity contribution in [2.45, 2.75) is 38.1 Å². The molecule has 1 saturated carbocycles. The van der Waals surface area contributed by atoms with E-state index in [2.05, 4.69) is 33.2 Å². The first-order valence-corrected chi connectivity index (χ1v) is 7.66. The molecule has 0 aromatic carbocycles. The quantitative estimate of drug-likeness (QED) is 0.865. The Morgan fingerprint density at radius 3 is 2.79 bits per heavy atom. The molecule has 1 aromatic heterocycles. The van der Waals surface area contributed by atoms with Crippen molar-refractivity contribution in [2.24, 2.45) is 5.92 Å². The molecule has 104 valence electrons. The Morgan fingerprint density at radius 2 is 2.21 bits per heavy atom. The SMILES string of the molecule is CC1CCC(CBr)(NC(=O)c2cncc(F)c2)CC1.